The Morgan fingerprint density at radius 2 is 1.94 bits per heavy atom. The molecule has 2 unspecified atom stereocenters. The zero-order valence-electron chi connectivity index (χ0n) is 10.6. The highest BCUT2D eigenvalue weighted by molar-refractivity contribution is 5.82. The average molecular weight is 252 g/mol. The van der Waals surface area contributed by atoms with Crippen LogP contribution < -0.4 is 5.73 Å². The summed E-state index contributed by atoms with van der Waals surface area (Å²) in [5, 5.41) is 9.14. The van der Waals surface area contributed by atoms with Gasteiger partial charge in [-0.15, -0.1) is 0 Å². The number of carbonyl (C=O) groups is 2. The lowest BCUT2D eigenvalue weighted by Gasteiger charge is -2.37. The van der Waals surface area contributed by atoms with Gasteiger partial charge in [-0.2, -0.15) is 0 Å². The lowest BCUT2D eigenvalue weighted by atomic mass is 9.80. The Labute approximate surface area is 107 Å². The fourth-order valence-electron chi connectivity index (χ4n) is 2.58. The van der Waals surface area contributed by atoms with E-state index >= 15 is 0 Å². The van der Waals surface area contributed by atoms with Crippen molar-refractivity contribution >= 4 is 11.9 Å². The number of likely N-dealkylation sites (tertiary alicyclic amines) is 1. The molecule has 0 radical (unpaired) electrons. The van der Waals surface area contributed by atoms with Crippen LogP contribution in [-0.4, -0.2) is 41.0 Å². The van der Waals surface area contributed by atoms with Crippen molar-refractivity contribution in [2.24, 2.45) is 17.1 Å². The molecule has 2 rings (SSSR count). The molecule has 0 aromatic carbocycles. The van der Waals surface area contributed by atoms with Crippen molar-refractivity contribution in [1.82, 2.24) is 4.90 Å². The molecule has 2 atom stereocenters. The van der Waals surface area contributed by atoms with Gasteiger partial charge in [0, 0.05) is 19.1 Å². The quantitative estimate of drug-likeness (QED) is 0.705. The second kappa shape index (κ2) is 4.72. The molecule has 0 saturated carbocycles. The minimum Gasteiger partial charge on any atom is -0.481 e. The summed E-state index contributed by atoms with van der Waals surface area (Å²) in [4.78, 5) is 25.1. The largest absolute Gasteiger partial charge is 0.481 e. The molecule has 0 aromatic heterocycles. The molecule has 0 bridgehead atoms. The summed E-state index contributed by atoms with van der Waals surface area (Å²) in [6.45, 7) is 2.81. The molecule has 18 heavy (non-hydrogen) atoms. The van der Waals surface area contributed by atoms with E-state index < -0.39 is 11.4 Å². The van der Waals surface area contributed by atoms with Gasteiger partial charge in [-0.25, -0.2) is 0 Å². The number of piperidine rings is 1. The number of rotatable bonds is 2. The normalized spacial score (nSPS) is 30.4. The summed E-state index contributed by atoms with van der Waals surface area (Å²) in [7, 11) is 0. The summed E-state index contributed by atoms with van der Waals surface area (Å²) >= 11 is 0. The Balaban J connectivity index is 1.92. The number of carbonyl (C=O) groups excluding carboxylic acids is 1. The Kier molecular flexibility index (Phi) is 3.43. The monoisotopic (exact) mass is 252 g/mol. The van der Waals surface area contributed by atoms with Gasteiger partial charge >= 0.3 is 5.97 Å². The zero-order valence-corrected chi connectivity index (χ0v) is 10.6. The van der Waals surface area contributed by atoms with Gasteiger partial charge in [0.15, 0.2) is 0 Å². The third-order valence-corrected chi connectivity index (χ3v) is 4.13. The number of aliphatic carboxylic acids is 1. The van der Waals surface area contributed by atoms with E-state index in [9.17, 15) is 9.59 Å². The third-order valence-electron chi connectivity index (χ3n) is 4.13. The van der Waals surface area contributed by atoms with Crippen LogP contribution in [0, 0.1) is 11.3 Å². The van der Waals surface area contributed by atoms with Crippen molar-refractivity contribution in [3.05, 3.63) is 12.2 Å². The van der Waals surface area contributed by atoms with Gasteiger partial charge in [-0.1, -0.05) is 12.2 Å². The van der Waals surface area contributed by atoms with Crippen molar-refractivity contribution in [3.8, 4) is 0 Å². The fraction of sp³-hybridized carbons (Fsp3) is 0.692. The first-order valence-corrected chi connectivity index (χ1v) is 6.38. The van der Waals surface area contributed by atoms with Gasteiger partial charge in [-0.05, 0) is 26.2 Å². The first kappa shape index (κ1) is 13.1. The molecule has 2 aliphatic rings. The van der Waals surface area contributed by atoms with Crippen LogP contribution in [0.5, 0.6) is 0 Å². The average Bonchev–Trinajstić information content (AvgIpc) is 2.76. The van der Waals surface area contributed by atoms with E-state index in [4.69, 9.17) is 10.8 Å². The van der Waals surface area contributed by atoms with Gasteiger partial charge in [0.2, 0.25) is 5.91 Å². The smallest absolute Gasteiger partial charge is 0.309 e. The van der Waals surface area contributed by atoms with Gasteiger partial charge in [-0.3, -0.25) is 9.59 Å². The van der Waals surface area contributed by atoms with Crippen molar-refractivity contribution < 1.29 is 14.7 Å². The molecule has 1 saturated heterocycles. The van der Waals surface area contributed by atoms with E-state index in [1.807, 2.05) is 12.2 Å². The predicted octanol–water partition coefficient (Wildman–Crippen LogP) is 0.603. The van der Waals surface area contributed by atoms with Crippen LogP contribution in [0.1, 0.15) is 26.2 Å². The summed E-state index contributed by atoms with van der Waals surface area (Å²) in [5.41, 5.74) is 5.06. The topological polar surface area (TPSA) is 83.6 Å². The zero-order chi connectivity index (χ0) is 13.3. The summed E-state index contributed by atoms with van der Waals surface area (Å²) in [6, 6.07) is -0.0203. The van der Waals surface area contributed by atoms with Crippen LogP contribution >= 0.6 is 0 Å². The summed E-state index contributed by atoms with van der Waals surface area (Å²) < 4.78 is 0. The number of nitrogens with zero attached hydrogens (tertiary/aromatic N) is 1. The maximum absolute atomic E-state index is 12.2. The molecule has 5 nitrogen and oxygen atoms in total. The summed E-state index contributed by atoms with van der Waals surface area (Å²) in [5.74, 6) is -0.793. The van der Waals surface area contributed by atoms with E-state index in [-0.39, 0.29) is 17.9 Å². The minimum atomic E-state index is -0.766. The Morgan fingerprint density at radius 1 is 1.33 bits per heavy atom. The Hall–Kier alpha value is -1.36. The van der Waals surface area contributed by atoms with Crippen LogP contribution in [-0.2, 0) is 9.59 Å². The number of amides is 1. The molecular weight excluding hydrogens is 232 g/mol. The Bertz CT molecular complexity index is 384. The SMILES string of the molecule is CC1(C(=O)O)CCN(C(=O)C2C=CC(N)C2)CC1. The molecular formula is C13H20N2O3. The first-order chi connectivity index (χ1) is 8.42. The highest BCUT2D eigenvalue weighted by Gasteiger charge is 2.39. The van der Waals surface area contributed by atoms with Gasteiger partial charge < -0.3 is 15.7 Å². The molecule has 0 aromatic rings. The van der Waals surface area contributed by atoms with Crippen LogP contribution in [0.25, 0.3) is 0 Å². The Morgan fingerprint density at radius 3 is 2.39 bits per heavy atom. The van der Waals surface area contributed by atoms with E-state index in [0.717, 1.165) is 0 Å². The first-order valence-electron chi connectivity index (χ1n) is 6.38. The van der Waals surface area contributed by atoms with Crippen molar-refractivity contribution in [1.29, 1.82) is 0 Å². The second-order valence-corrected chi connectivity index (χ2v) is 5.58. The number of hydrogen-bond donors (Lipinski definition) is 2. The van der Waals surface area contributed by atoms with Crippen LogP contribution in [0.15, 0.2) is 12.2 Å². The molecule has 1 aliphatic carbocycles. The number of hydrogen-bond acceptors (Lipinski definition) is 3. The van der Waals surface area contributed by atoms with E-state index in [1.165, 1.54) is 0 Å². The minimum absolute atomic E-state index is 0.0203. The van der Waals surface area contributed by atoms with Gasteiger partial charge in [0.25, 0.3) is 0 Å². The predicted molar refractivity (Wildman–Crippen MR) is 66.8 cm³/mol. The number of nitrogens with two attached hydrogens (primary N) is 1. The van der Waals surface area contributed by atoms with Crippen LogP contribution in [0.4, 0.5) is 0 Å². The molecule has 5 heteroatoms. The third kappa shape index (κ3) is 2.41. The lowest BCUT2D eigenvalue weighted by Crippen LogP contribution is -2.46. The highest BCUT2D eigenvalue weighted by Crippen LogP contribution is 2.32. The molecule has 1 aliphatic heterocycles. The van der Waals surface area contributed by atoms with Crippen LogP contribution in [0.3, 0.4) is 0 Å². The van der Waals surface area contributed by atoms with E-state index in [0.29, 0.717) is 32.4 Å². The van der Waals surface area contributed by atoms with Crippen molar-refractivity contribution in [2.75, 3.05) is 13.1 Å². The standard InChI is InChI=1S/C13H20N2O3/c1-13(12(17)18)4-6-15(7-5-13)11(16)9-2-3-10(14)8-9/h2-3,9-10H,4-8,14H2,1H3,(H,17,18). The number of carboxylic acid groups (broad SMARTS) is 1. The molecule has 0 spiro atoms. The molecule has 1 amide bonds. The van der Waals surface area contributed by atoms with Gasteiger partial charge in [0.05, 0.1) is 11.3 Å². The second-order valence-electron chi connectivity index (χ2n) is 5.58. The summed E-state index contributed by atoms with van der Waals surface area (Å²) in [6.07, 6.45) is 5.46. The van der Waals surface area contributed by atoms with Crippen molar-refractivity contribution in [3.63, 3.8) is 0 Å². The number of carboxylic acids is 1. The maximum Gasteiger partial charge on any atom is 0.309 e. The van der Waals surface area contributed by atoms with Crippen molar-refractivity contribution in [2.45, 2.75) is 32.2 Å². The highest BCUT2D eigenvalue weighted by atomic mass is 16.4. The fourth-order valence-corrected chi connectivity index (χ4v) is 2.58. The van der Waals surface area contributed by atoms with E-state index in [1.54, 1.807) is 11.8 Å². The van der Waals surface area contributed by atoms with Crippen LogP contribution in [0.2, 0.25) is 0 Å². The molecule has 1 heterocycles. The van der Waals surface area contributed by atoms with Gasteiger partial charge in [0.1, 0.15) is 0 Å². The maximum atomic E-state index is 12.2. The van der Waals surface area contributed by atoms with E-state index in [2.05, 4.69) is 0 Å². The molecule has 1 fully saturated rings. The molecule has 100 valence electrons. The molecule has 3 N–H and O–H groups in total. The lowest BCUT2D eigenvalue weighted by molar-refractivity contribution is -0.153.